The highest BCUT2D eigenvalue weighted by Crippen LogP contribution is 2.18. The first kappa shape index (κ1) is 12.4. The number of furan rings is 1. The van der Waals surface area contributed by atoms with E-state index < -0.39 is 0 Å². The number of hydrogen-bond acceptors (Lipinski definition) is 3. The van der Waals surface area contributed by atoms with Gasteiger partial charge in [0.1, 0.15) is 5.76 Å². The summed E-state index contributed by atoms with van der Waals surface area (Å²) in [6, 6.07) is 11.5. The summed E-state index contributed by atoms with van der Waals surface area (Å²) in [5.74, 6) is 1.03. The van der Waals surface area contributed by atoms with Crippen LogP contribution < -0.4 is 4.90 Å². The second-order valence-electron chi connectivity index (χ2n) is 4.20. The molecule has 3 nitrogen and oxygen atoms in total. The maximum atomic E-state index is 11.2. The molecule has 0 N–H and O–H groups in total. The first-order valence-corrected chi connectivity index (χ1v) is 6.09. The smallest absolute Gasteiger partial charge is 0.159 e. The first-order valence-electron chi connectivity index (χ1n) is 6.09. The van der Waals surface area contributed by atoms with E-state index in [0.29, 0.717) is 0 Å². The molecule has 94 valence electrons. The van der Waals surface area contributed by atoms with Gasteiger partial charge in [0, 0.05) is 17.8 Å². The molecular weight excluding hydrogens is 226 g/mol. The lowest BCUT2D eigenvalue weighted by molar-refractivity contribution is 0.101. The van der Waals surface area contributed by atoms with Gasteiger partial charge in [0.2, 0.25) is 0 Å². The van der Waals surface area contributed by atoms with E-state index in [0.717, 1.165) is 30.1 Å². The van der Waals surface area contributed by atoms with E-state index in [-0.39, 0.29) is 5.78 Å². The molecule has 0 amide bonds. The van der Waals surface area contributed by atoms with Crippen molar-refractivity contribution >= 4 is 11.5 Å². The van der Waals surface area contributed by atoms with Crippen molar-refractivity contribution in [2.24, 2.45) is 0 Å². The second-order valence-corrected chi connectivity index (χ2v) is 4.20. The predicted octanol–water partition coefficient (Wildman–Crippen LogP) is 3.51. The molecule has 0 aliphatic carbocycles. The number of nitrogens with zero attached hydrogens (tertiary/aromatic N) is 1. The predicted molar refractivity (Wildman–Crippen MR) is 71.9 cm³/mol. The third-order valence-corrected chi connectivity index (χ3v) is 2.95. The highest BCUT2D eigenvalue weighted by molar-refractivity contribution is 5.94. The lowest BCUT2D eigenvalue weighted by atomic mass is 10.1. The Labute approximate surface area is 107 Å². The number of ketones is 1. The topological polar surface area (TPSA) is 33.5 Å². The zero-order valence-corrected chi connectivity index (χ0v) is 10.7. The molecular formula is C15H17NO2. The second kappa shape index (κ2) is 5.54. The molecule has 1 aromatic heterocycles. The lowest BCUT2D eigenvalue weighted by Gasteiger charge is -2.22. The molecule has 0 radical (unpaired) electrons. The molecule has 0 aliphatic heterocycles. The normalized spacial score (nSPS) is 10.3. The van der Waals surface area contributed by atoms with Crippen molar-refractivity contribution in [2.45, 2.75) is 20.4 Å². The molecule has 2 rings (SSSR count). The quantitative estimate of drug-likeness (QED) is 0.753. The molecule has 18 heavy (non-hydrogen) atoms. The van der Waals surface area contributed by atoms with Crippen LogP contribution in [-0.2, 0) is 6.54 Å². The summed E-state index contributed by atoms with van der Waals surface area (Å²) in [7, 11) is 0. The van der Waals surface area contributed by atoms with Gasteiger partial charge in [-0.25, -0.2) is 0 Å². The van der Waals surface area contributed by atoms with Crippen molar-refractivity contribution < 1.29 is 9.21 Å². The molecule has 0 bridgehead atoms. The van der Waals surface area contributed by atoms with Crippen molar-refractivity contribution in [3.8, 4) is 0 Å². The van der Waals surface area contributed by atoms with Crippen molar-refractivity contribution in [3.05, 3.63) is 54.0 Å². The molecule has 0 saturated heterocycles. The molecule has 3 heteroatoms. The molecule has 1 aromatic carbocycles. The van der Waals surface area contributed by atoms with Gasteiger partial charge in [-0.2, -0.15) is 0 Å². The van der Waals surface area contributed by atoms with Crippen LogP contribution in [0.25, 0.3) is 0 Å². The number of Topliss-reactive ketones (excluding diaryl/α,β-unsaturated/α-hetero) is 1. The van der Waals surface area contributed by atoms with Gasteiger partial charge in [-0.05, 0) is 50.2 Å². The third kappa shape index (κ3) is 2.80. The Bertz CT molecular complexity index is 500. The van der Waals surface area contributed by atoms with Crippen molar-refractivity contribution in [1.82, 2.24) is 0 Å². The lowest BCUT2D eigenvalue weighted by Crippen LogP contribution is -2.21. The molecule has 0 unspecified atom stereocenters. The largest absolute Gasteiger partial charge is 0.467 e. The maximum Gasteiger partial charge on any atom is 0.159 e. The van der Waals surface area contributed by atoms with Gasteiger partial charge in [0.05, 0.1) is 12.8 Å². The first-order chi connectivity index (χ1) is 8.70. The van der Waals surface area contributed by atoms with Crippen LogP contribution in [0, 0.1) is 0 Å². The van der Waals surface area contributed by atoms with Crippen LogP contribution in [0.1, 0.15) is 30.0 Å². The zero-order chi connectivity index (χ0) is 13.0. The van der Waals surface area contributed by atoms with E-state index in [1.807, 2.05) is 36.4 Å². The molecule has 1 heterocycles. The highest BCUT2D eigenvalue weighted by atomic mass is 16.3. The van der Waals surface area contributed by atoms with Crippen LogP contribution in [0.2, 0.25) is 0 Å². The molecule has 0 saturated carbocycles. The number of rotatable bonds is 5. The number of hydrogen-bond donors (Lipinski definition) is 0. The van der Waals surface area contributed by atoms with Gasteiger partial charge in [-0.3, -0.25) is 4.79 Å². The Kier molecular flexibility index (Phi) is 3.82. The van der Waals surface area contributed by atoms with Crippen LogP contribution in [0.4, 0.5) is 5.69 Å². The minimum absolute atomic E-state index is 0.0932. The SMILES string of the molecule is CCN(Cc1ccco1)c1ccc(C(C)=O)cc1. The van der Waals surface area contributed by atoms with Gasteiger partial charge in [0.25, 0.3) is 0 Å². The number of benzene rings is 1. The molecule has 0 atom stereocenters. The standard InChI is InChI=1S/C15H17NO2/c1-3-16(11-15-5-4-10-18-15)14-8-6-13(7-9-14)12(2)17/h4-10H,3,11H2,1-2H3. The van der Waals surface area contributed by atoms with E-state index >= 15 is 0 Å². The fourth-order valence-electron chi connectivity index (χ4n) is 1.88. The third-order valence-electron chi connectivity index (χ3n) is 2.95. The van der Waals surface area contributed by atoms with Crippen molar-refractivity contribution in [1.29, 1.82) is 0 Å². The maximum absolute atomic E-state index is 11.2. The van der Waals surface area contributed by atoms with Gasteiger partial charge in [0.15, 0.2) is 5.78 Å². The van der Waals surface area contributed by atoms with E-state index in [4.69, 9.17) is 4.42 Å². The van der Waals surface area contributed by atoms with Crippen LogP contribution in [0.3, 0.4) is 0 Å². The zero-order valence-electron chi connectivity index (χ0n) is 10.7. The Morgan fingerprint density at radius 2 is 1.94 bits per heavy atom. The van der Waals surface area contributed by atoms with Crippen LogP contribution in [-0.4, -0.2) is 12.3 Å². The Morgan fingerprint density at radius 3 is 2.44 bits per heavy atom. The molecule has 0 aliphatic rings. The monoisotopic (exact) mass is 243 g/mol. The minimum Gasteiger partial charge on any atom is -0.467 e. The average Bonchev–Trinajstić information content (AvgIpc) is 2.89. The average molecular weight is 243 g/mol. The molecule has 0 fully saturated rings. The fourth-order valence-corrected chi connectivity index (χ4v) is 1.88. The summed E-state index contributed by atoms with van der Waals surface area (Å²) in [5.41, 5.74) is 1.84. The summed E-state index contributed by atoms with van der Waals surface area (Å²) >= 11 is 0. The van der Waals surface area contributed by atoms with Gasteiger partial charge >= 0.3 is 0 Å². The Hall–Kier alpha value is -2.03. The van der Waals surface area contributed by atoms with E-state index in [1.54, 1.807) is 13.2 Å². The van der Waals surface area contributed by atoms with E-state index in [2.05, 4.69) is 11.8 Å². The Morgan fingerprint density at radius 1 is 1.22 bits per heavy atom. The molecule has 0 spiro atoms. The summed E-state index contributed by atoms with van der Waals surface area (Å²) in [5, 5.41) is 0. The fraction of sp³-hybridized carbons (Fsp3) is 0.267. The van der Waals surface area contributed by atoms with Crippen LogP contribution >= 0.6 is 0 Å². The number of carbonyl (C=O) groups is 1. The number of carbonyl (C=O) groups excluding carboxylic acids is 1. The van der Waals surface area contributed by atoms with Gasteiger partial charge in [-0.15, -0.1) is 0 Å². The summed E-state index contributed by atoms with van der Waals surface area (Å²) in [4.78, 5) is 13.4. The molecule has 2 aromatic rings. The van der Waals surface area contributed by atoms with Crippen molar-refractivity contribution in [3.63, 3.8) is 0 Å². The van der Waals surface area contributed by atoms with Gasteiger partial charge < -0.3 is 9.32 Å². The summed E-state index contributed by atoms with van der Waals surface area (Å²) in [6.07, 6.45) is 1.68. The van der Waals surface area contributed by atoms with Gasteiger partial charge in [-0.1, -0.05) is 0 Å². The highest BCUT2D eigenvalue weighted by Gasteiger charge is 2.07. The number of anilines is 1. The van der Waals surface area contributed by atoms with Crippen LogP contribution in [0.15, 0.2) is 47.1 Å². The summed E-state index contributed by atoms with van der Waals surface area (Å²) in [6.45, 7) is 5.31. The van der Waals surface area contributed by atoms with Crippen LogP contribution in [0.5, 0.6) is 0 Å². The van der Waals surface area contributed by atoms with E-state index in [1.165, 1.54) is 0 Å². The van der Waals surface area contributed by atoms with E-state index in [9.17, 15) is 4.79 Å². The summed E-state index contributed by atoms with van der Waals surface area (Å²) < 4.78 is 5.35. The Balaban J connectivity index is 2.14. The van der Waals surface area contributed by atoms with Crippen molar-refractivity contribution in [2.75, 3.05) is 11.4 Å². The minimum atomic E-state index is 0.0932.